The number of nitrogen functional groups attached to an aromatic ring is 1. The number of hydrogen-bond acceptors (Lipinski definition) is 6. The van der Waals surface area contributed by atoms with Crippen molar-refractivity contribution in [3.8, 4) is 28.2 Å². The summed E-state index contributed by atoms with van der Waals surface area (Å²) < 4.78 is 29.1. The van der Waals surface area contributed by atoms with E-state index in [-0.39, 0.29) is 23.4 Å². The lowest BCUT2D eigenvalue weighted by Crippen LogP contribution is -2.31. The maximum Gasteiger partial charge on any atom is 0.312 e. The predicted molar refractivity (Wildman–Crippen MR) is 113 cm³/mol. The normalized spacial score (nSPS) is 11.8. The van der Waals surface area contributed by atoms with Gasteiger partial charge in [-0.15, -0.1) is 5.10 Å². The molecule has 0 fully saturated rings. The molecular weight excluding hydrogens is 418 g/mol. The second-order valence-corrected chi connectivity index (χ2v) is 7.00. The largest absolute Gasteiger partial charge is 0.383 e. The van der Waals surface area contributed by atoms with Crippen molar-refractivity contribution in [1.29, 1.82) is 0 Å². The lowest BCUT2D eigenvalue weighted by Gasteiger charge is -2.13. The average molecular weight is 436 g/mol. The second-order valence-electron chi connectivity index (χ2n) is 7.00. The molecule has 4 rings (SSSR count). The Morgan fingerprint density at radius 1 is 1.12 bits per heavy atom. The molecule has 0 spiro atoms. The molecule has 9 nitrogen and oxygen atoms in total. The molecule has 0 saturated heterocycles. The van der Waals surface area contributed by atoms with E-state index in [4.69, 9.17) is 11.5 Å². The van der Waals surface area contributed by atoms with Gasteiger partial charge in [0.05, 0.1) is 11.6 Å². The van der Waals surface area contributed by atoms with Crippen LogP contribution in [0.4, 0.5) is 19.4 Å². The van der Waals surface area contributed by atoms with Crippen molar-refractivity contribution < 1.29 is 13.6 Å². The van der Waals surface area contributed by atoms with E-state index in [0.29, 0.717) is 11.1 Å². The molecule has 0 saturated carbocycles. The molecule has 0 radical (unpaired) electrons. The quantitative estimate of drug-likeness (QED) is 0.440. The van der Waals surface area contributed by atoms with Crippen molar-refractivity contribution in [3.63, 3.8) is 0 Å². The summed E-state index contributed by atoms with van der Waals surface area (Å²) in [7, 11) is 0. The van der Waals surface area contributed by atoms with Gasteiger partial charge in [0.25, 0.3) is 0 Å². The number of benzene rings is 2. The summed E-state index contributed by atoms with van der Waals surface area (Å²) in [5.74, 6) is -1.88. The first-order chi connectivity index (χ1) is 15.3. The van der Waals surface area contributed by atoms with Crippen LogP contribution in [0.15, 0.2) is 54.7 Å². The fourth-order valence-electron chi connectivity index (χ4n) is 3.25. The van der Waals surface area contributed by atoms with Gasteiger partial charge < -0.3 is 16.8 Å². The van der Waals surface area contributed by atoms with Gasteiger partial charge in [0.15, 0.2) is 17.5 Å². The number of aromatic nitrogens is 5. The molecule has 0 aliphatic heterocycles. The molecule has 1 unspecified atom stereocenters. The second kappa shape index (κ2) is 8.38. The standard InChI is InChI=1S/C21H18F2N8O/c1-11(27-21(25)32)12-5-7-13(8-6-12)14-9-15(19(24)26-10-14)20-28-29-30-31(20)17-4-2-3-16(22)18(17)23/h2-11H,1H3,(H2,24,26)(H3,25,27,32). The van der Waals surface area contributed by atoms with Crippen LogP contribution in [0.3, 0.4) is 0 Å². The molecule has 1 atom stereocenters. The summed E-state index contributed by atoms with van der Waals surface area (Å²) in [5, 5.41) is 13.9. The Kier molecular flexibility index (Phi) is 5.46. The van der Waals surface area contributed by atoms with E-state index >= 15 is 0 Å². The minimum atomic E-state index is -1.09. The minimum Gasteiger partial charge on any atom is -0.383 e. The summed E-state index contributed by atoms with van der Waals surface area (Å²) in [6.45, 7) is 1.81. The highest BCUT2D eigenvalue weighted by atomic mass is 19.2. The monoisotopic (exact) mass is 436 g/mol. The lowest BCUT2D eigenvalue weighted by molar-refractivity contribution is 0.246. The number of nitrogens with one attached hydrogen (secondary N) is 1. The number of rotatable bonds is 5. The van der Waals surface area contributed by atoms with Gasteiger partial charge in [-0.2, -0.15) is 4.68 Å². The van der Waals surface area contributed by atoms with Gasteiger partial charge in [-0.1, -0.05) is 30.3 Å². The fraction of sp³-hybridized carbons (Fsp3) is 0.0952. The Morgan fingerprint density at radius 2 is 1.88 bits per heavy atom. The van der Waals surface area contributed by atoms with E-state index in [1.165, 1.54) is 12.1 Å². The zero-order chi connectivity index (χ0) is 22.8. The van der Waals surface area contributed by atoms with Crippen LogP contribution in [-0.2, 0) is 0 Å². The van der Waals surface area contributed by atoms with Gasteiger partial charge in [-0.3, -0.25) is 0 Å². The number of carbonyl (C=O) groups excluding carboxylic acids is 1. The van der Waals surface area contributed by atoms with Crippen molar-refractivity contribution in [3.05, 3.63) is 71.9 Å². The number of carbonyl (C=O) groups is 1. The molecule has 162 valence electrons. The number of halogens is 2. The van der Waals surface area contributed by atoms with Crippen LogP contribution < -0.4 is 16.8 Å². The number of hydrogen-bond donors (Lipinski definition) is 3. The Bertz CT molecular complexity index is 1290. The van der Waals surface area contributed by atoms with Crippen LogP contribution in [0.5, 0.6) is 0 Å². The Balaban J connectivity index is 1.72. The molecule has 2 amide bonds. The third-order valence-electron chi connectivity index (χ3n) is 4.89. The number of primary amides is 1. The summed E-state index contributed by atoms with van der Waals surface area (Å²) in [6.07, 6.45) is 1.58. The van der Waals surface area contributed by atoms with Crippen LogP contribution >= 0.6 is 0 Å². The minimum absolute atomic E-state index is 0.109. The van der Waals surface area contributed by atoms with E-state index in [1.807, 2.05) is 31.2 Å². The van der Waals surface area contributed by atoms with Crippen LogP contribution in [0.2, 0.25) is 0 Å². The van der Waals surface area contributed by atoms with E-state index in [9.17, 15) is 13.6 Å². The Labute approximate surface area is 181 Å². The first-order valence-electron chi connectivity index (χ1n) is 9.50. The van der Waals surface area contributed by atoms with E-state index in [1.54, 1.807) is 12.3 Å². The Hall–Kier alpha value is -4.41. The summed E-state index contributed by atoms with van der Waals surface area (Å²) in [5.41, 5.74) is 13.8. The number of pyridine rings is 1. The van der Waals surface area contributed by atoms with E-state index < -0.39 is 17.7 Å². The SMILES string of the molecule is CC(NC(N)=O)c1ccc(-c2cnc(N)c(-c3nnnn3-c3cccc(F)c3F)c2)cc1. The molecule has 0 bridgehead atoms. The average Bonchev–Trinajstić information content (AvgIpc) is 3.25. The maximum atomic E-state index is 14.3. The molecule has 2 heterocycles. The zero-order valence-electron chi connectivity index (χ0n) is 16.8. The number of nitrogens with zero attached hydrogens (tertiary/aromatic N) is 5. The maximum absolute atomic E-state index is 14.3. The number of urea groups is 1. The highest BCUT2D eigenvalue weighted by Gasteiger charge is 2.19. The van der Waals surface area contributed by atoms with Crippen molar-refractivity contribution in [2.45, 2.75) is 13.0 Å². The fourth-order valence-corrected chi connectivity index (χ4v) is 3.25. The first-order valence-corrected chi connectivity index (χ1v) is 9.50. The summed E-state index contributed by atoms with van der Waals surface area (Å²) in [6, 6.07) is 11.9. The third-order valence-corrected chi connectivity index (χ3v) is 4.89. The third kappa shape index (κ3) is 3.95. The van der Waals surface area contributed by atoms with Gasteiger partial charge in [-0.25, -0.2) is 18.6 Å². The molecule has 32 heavy (non-hydrogen) atoms. The molecule has 11 heteroatoms. The summed E-state index contributed by atoms with van der Waals surface area (Å²) in [4.78, 5) is 15.3. The van der Waals surface area contributed by atoms with Gasteiger partial charge in [-0.05, 0) is 46.7 Å². The molecular formula is C21H18F2N8O. The molecule has 4 aromatic rings. The smallest absolute Gasteiger partial charge is 0.312 e. The van der Waals surface area contributed by atoms with Gasteiger partial charge in [0, 0.05) is 11.8 Å². The topological polar surface area (TPSA) is 138 Å². The highest BCUT2D eigenvalue weighted by Crippen LogP contribution is 2.30. The zero-order valence-corrected chi connectivity index (χ0v) is 16.8. The highest BCUT2D eigenvalue weighted by molar-refractivity contribution is 5.76. The molecule has 5 N–H and O–H groups in total. The van der Waals surface area contributed by atoms with Crippen LogP contribution in [-0.4, -0.2) is 31.2 Å². The van der Waals surface area contributed by atoms with Gasteiger partial charge in [0.1, 0.15) is 11.5 Å². The van der Waals surface area contributed by atoms with Crippen molar-refractivity contribution in [1.82, 2.24) is 30.5 Å². The first kappa shape index (κ1) is 20.8. The molecule has 0 aliphatic carbocycles. The summed E-state index contributed by atoms with van der Waals surface area (Å²) >= 11 is 0. The van der Waals surface area contributed by atoms with Gasteiger partial charge >= 0.3 is 6.03 Å². The molecule has 2 aromatic heterocycles. The number of tetrazole rings is 1. The van der Waals surface area contributed by atoms with E-state index in [0.717, 1.165) is 21.9 Å². The number of nitrogens with two attached hydrogens (primary N) is 2. The molecule has 2 aromatic carbocycles. The predicted octanol–water partition coefficient (Wildman–Crippen LogP) is 2.98. The lowest BCUT2D eigenvalue weighted by atomic mass is 10.0. The van der Waals surface area contributed by atoms with Crippen molar-refractivity contribution in [2.24, 2.45) is 5.73 Å². The Morgan fingerprint density at radius 3 is 2.59 bits per heavy atom. The van der Waals surface area contributed by atoms with Crippen molar-refractivity contribution in [2.75, 3.05) is 5.73 Å². The van der Waals surface area contributed by atoms with Gasteiger partial charge in [0.2, 0.25) is 0 Å². The number of amides is 2. The molecule has 0 aliphatic rings. The van der Waals surface area contributed by atoms with Crippen molar-refractivity contribution >= 4 is 11.8 Å². The number of anilines is 1. The van der Waals surface area contributed by atoms with Crippen LogP contribution in [0.1, 0.15) is 18.5 Å². The van der Waals surface area contributed by atoms with Crippen LogP contribution in [0.25, 0.3) is 28.2 Å². The van der Waals surface area contributed by atoms with E-state index in [2.05, 4.69) is 25.8 Å². The van der Waals surface area contributed by atoms with Crippen LogP contribution in [0, 0.1) is 11.6 Å².